The fourth-order valence-electron chi connectivity index (χ4n) is 2.49. The minimum atomic E-state index is -0.244. The van der Waals surface area contributed by atoms with Crippen LogP contribution < -0.4 is 0 Å². The fraction of sp³-hybridized carbons (Fsp3) is 0.625. The van der Waals surface area contributed by atoms with E-state index in [1.807, 2.05) is 0 Å². The van der Waals surface area contributed by atoms with Crippen LogP contribution in [0.4, 0.5) is 0 Å². The highest BCUT2D eigenvalue weighted by Crippen LogP contribution is 2.29. The van der Waals surface area contributed by atoms with Crippen molar-refractivity contribution in [3.63, 3.8) is 0 Å². The second-order valence-electron chi connectivity index (χ2n) is 6.02. The van der Waals surface area contributed by atoms with Gasteiger partial charge in [-0.25, -0.2) is 0 Å². The predicted octanol–water partition coefficient (Wildman–Crippen LogP) is 3.51. The summed E-state index contributed by atoms with van der Waals surface area (Å²) < 4.78 is 0. The number of aliphatic hydroxyl groups is 1. The number of fused-ring (bicyclic) bond motifs is 1. The summed E-state index contributed by atoms with van der Waals surface area (Å²) in [5.41, 5.74) is 4.32. The smallest absolute Gasteiger partial charge is 0.0631 e. The average molecular weight is 232 g/mol. The van der Waals surface area contributed by atoms with Crippen LogP contribution >= 0.6 is 0 Å². The first kappa shape index (κ1) is 12.6. The molecule has 1 N–H and O–H groups in total. The van der Waals surface area contributed by atoms with Gasteiger partial charge in [-0.2, -0.15) is 0 Å². The molecular formula is C16H24O. The Labute approximate surface area is 105 Å². The van der Waals surface area contributed by atoms with E-state index in [0.717, 1.165) is 12.8 Å². The van der Waals surface area contributed by atoms with Crippen molar-refractivity contribution < 1.29 is 5.11 Å². The molecule has 1 nitrogen and oxygen atoms in total. The third kappa shape index (κ3) is 2.71. The van der Waals surface area contributed by atoms with E-state index < -0.39 is 0 Å². The van der Waals surface area contributed by atoms with E-state index in [0.29, 0.717) is 0 Å². The van der Waals surface area contributed by atoms with Gasteiger partial charge in [0, 0.05) is 0 Å². The molecule has 0 bridgehead atoms. The van der Waals surface area contributed by atoms with Gasteiger partial charge in [0.2, 0.25) is 0 Å². The van der Waals surface area contributed by atoms with Crippen molar-refractivity contribution in [2.75, 3.05) is 0 Å². The Morgan fingerprint density at radius 2 is 1.94 bits per heavy atom. The summed E-state index contributed by atoms with van der Waals surface area (Å²) in [6.07, 6.45) is 5.30. The van der Waals surface area contributed by atoms with Gasteiger partial charge in [-0.15, -0.1) is 0 Å². The SMILES string of the molecule is CCC(C)(C)C(O)Cc1ccc2c(c1)CCC2. The van der Waals surface area contributed by atoms with E-state index in [9.17, 15) is 5.11 Å². The molecule has 0 spiro atoms. The minimum Gasteiger partial charge on any atom is -0.392 e. The van der Waals surface area contributed by atoms with E-state index in [4.69, 9.17) is 0 Å². The van der Waals surface area contributed by atoms with Crippen LogP contribution in [0.25, 0.3) is 0 Å². The second kappa shape index (κ2) is 4.81. The van der Waals surface area contributed by atoms with Gasteiger partial charge >= 0.3 is 0 Å². The largest absolute Gasteiger partial charge is 0.392 e. The van der Waals surface area contributed by atoms with E-state index in [1.165, 1.54) is 36.0 Å². The van der Waals surface area contributed by atoms with Gasteiger partial charge in [0.05, 0.1) is 6.10 Å². The second-order valence-corrected chi connectivity index (χ2v) is 6.02. The van der Waals surface area contributed by atoms with Crippen molar-refractivity contribution in [1.29, 1.82) is 0 Å². The molecule has 0 aromatic heterocycles. The molecule has 0 saturated heterocycles. The molecule has 0 fully saturated rings. The Bertz CT molecular complexity index is 393. The van der Waals surface area contributed by atoms with Crippen molar-refractivity contribution in [1.82, 2.24) is 0 Å². The molecule has 0 heterocycles. The molecule has 1 heteroatoms. The first-order valence-electron chi connectivity index (χ1n) is 6.81. The summed E-state index contributed by atoms with van der Waals surface area (Å²) in [5, 5.41) is 10.3. The average Bonchev–Trinajstić information content (AvgIpc) is 2.76. The lowest BCUT2D eigenvalue weighted by molar-refractivity contribution is 0.0479. The van der Waals surface area contributed by atoms with Crippen LogP contribution in [0.1, 0.15) is 50.3 Å². The Balaban J connectivity index is 2.09. The summed E-state index contributed by atoms with van der Waals surface area (Å²) in [5.74, 6) is 0. The van der Waals surface area contributed by atoms with Gasteiger partial charge in [-0.05, 0) is 54.2 Å². The quantitative estimate of drug-likeness (QED) is 0.842. The van der Waals surface area contributed by atoms with Crippen molar-refractivity contribution in [2.24, 2.45) is 5.41 Å². The monoisotopic (exact) mass is 232 g/mol. The standard InChI is InChI=1S/C16H24O/c1-4-16(2,3)15(17)11-12-8-9-13-6-5-7-14(13)10-12/h8-10,15,17H,4-7,11H2,1-3H3. The maximum Gasteiger partial charge on any atom is 0.0631 e. The number of aliphatic hydroxyl groups excluding tert-OH is 1. The summed E-state index contributed by atoms with van der Waals surface area (Å²) in [7, 11) is 0. The molecule has 0 amide bonds. The van der Waals surface area contributed by atoms with Gasteiger partial charge in [0.15, 0.2) is 0 Å². The molecule has 1 aliphatic carbocycles. The van der Waals surface area contributed by atoms with Gasteiger partial charge in [0.1, 0.15) is 0 Å². The molecule has 1 aromatic rings. The first-order chi connectivity index (χ1) is 8.03. The maximum absolute atomic E-state index is 10.3. The highest BCUT2D eigenvalue weighted by atomic mass is 16.3. The van der Waals surface area contributed by atoms with Crippen LogP contribution in [0.5, 0.6) is 0 Å². The zero-order valence-corrected chi connectivity index (χ0v) is 11.3. The number of hydrogen-bond acceptors (Lipinski definition) is 1. The highest BCUT2D eigenvalue weighted by molar-refractivity contribution is 5.35. The zero-order chi connectivity index (χ0) is 12.5. The molecule has 1 aliphatic rings. The molecule has 0 saturated carbocycles. The molecule has 94 valence electrons. The first-order valence-corrected chi connectivity index (χ1v) is 6.81. The molecule has 17 heavy (non-hydrogen) atoms. The molecular weight excluding hydrogens is 208 g/mol. The van der Waals surface area contributed by atoms with Crippen LogP contribution in [0.3, 0.4) is 0 Å². The van der Waals surface area contributed by atoms with Crippen molar-refractivity contribution in [3.05, 3.63) is 34.9 Å². The molecule has 2 rings (SSSR count). The number of hydrogen-bond donors (Lipinski definition) is 1. The fourth-order valence-corrected chi connectivity index (χ4v) is 2.49. The van der Waals surface area contributed by atoms with Crippen LogP contribution in [0.2, 0.25) is 0 Å². The predicted molar refractivity (Wildman–Crippen MR) is 72.2 cm³/mol. The molecule has 1 atom stereocenters. The van der Waals surface area contributed by atoms with E-state index in [2.05, 4.69) is 39.0 Å². The van der Waals surface area contributed by atoms with E-state index in [1.54, 1.807) is 0 Å². The molecule has 1 aromatic carbocycles. The molecule has 1 unspecified atom stereocenters. The number of benzene rings is 1. The summed E-state index contributed by atoms with van der Waals surface area (Å²) in [6.45, 7) is 6.43. The Morgan fingerprint density at radius 1 is 1.24 bits per heavy atom. The molecule has 0 aliphatic heterocycles. The Kier molecular flexibility index (Phi) is 3.58. The normalized spacial score (nSPS) is 16.9. The topological polar surface area (TPSA) is 20.2 Å². The molecule has 0 radical (unpaired) electrons. The lowest BCUT2D eigenvalue weighted by Gasteiger charge is -2.29. The summed E-state index contributed by atoms with van der Waals surface area (Å²) in [6, 6.07) is 6.75. The maximum atomic E-state index is 10.3. The summed E-state index contributed by atoms with van der Waals surface area (Å²) in [4.78, 5) is 0. The zero-order valence-electron chi connectivity index (χ0n) is 11.3. The van der Waals surface area contributed by atoms with Crippen molar-refractivity contribution >= 4 is 0 Å². The van der Waals surface area contributed by atoms with E-state index in [-0.39, 0.29) is 11.5 Å². The van der Waals surface area contributed by atoms with E-state index >= 15 is 0 Å². The minimum absolute atomic E-state index is 0.0129. The third-order valence-electron chi connectivity index (χ3n) is 4.41. The van der Waals surface area contributed by atoms with Gasteiger partial charge in [-0.1, -0.05) is 39.0 Å². The Hall–Kier alpha value is -0.820. The van der Waals surface area contributed by atoms with Gasteiger partial charge in [0.25, 0.3) is 0 Å². The van der Waals surface area contributed by atoms with Crippen molar-refractivity contribution in [3.8, 4) is 0 Å². The summed E-state index contributed by atoms with van der Waals surface area (Å²) >= 11 is 0. The van der Waals surface area contributed by atoms with Crippen LogP contribution in [-0.2, 0) is 19.3 Å². The number of aryl methyl sites for hydroxylation is 2. The highest BCUT2D eigenvalue weighted by Gasteiger charge is 2.26. The third-order valence-corrected chi connectivity index (χ3v) is 4.41. The lowest BCUT2D eigenvalue weighted by atomic mass is 9.81. The number of rotatable bonds is 4. The van der Waals surface area contributed by atoms with Crippen LogP contribution in [0, 0.1) is 5.41 Å². The van der Waals surface area contributed by atoms with Gasteiger partial charge < -0.3 is 5.11 Å². The van der Waals surface area contributed by atoms with Crippen LogP contribution in [-0.4, -0.2) is 11.2 Å². The van der Waals surface area contributed by atoms with Crippen molar-refractivity contribution in [2.45, 2.75) is 59.0 Å². The van der Waals surface area contributed by atoms with Crippen LogP contribution in [0.15, 0.2) is 18.2 Å². The Morgan fingerprint density at radius 3 is 2.65 bits per heavy atom. The van der Waals surface area contributed by atoms with Gasteiger partial charge in [-0.3, -0.25) is 0 Å². The lowest BCUT2D eigenvalue weighted by Crippen LogP contribution is -2.30.